The Balaban J connectivity index is 3.12. The molecule has 2 amide bonds. The predicted molar refractivity (Wildman–Crippen MR) is 141 cm³/mol. The van der Waals surface area contributed by atoms with Gasteiger partial charge in [0.1, 0.15) is 28.8 Å². The summed E-state index contributed by atoms with van der Waals surface area (Å²) < 4.78 is 133. The Morgan fingerprint density at radius 2 is 1.27 bits per heavy atom. The topological polar surface area (TPSA) is 119 Å². The molecule has 0 saturated heterocycles. The number of ether oxygens (including phenoxy) is 2. The second-order valence-corrected chi connectivity index (χ2v) is 11.7. The van der Waals surface area contributed by atoms with E-state index in [2.05, 4.69) is 9.98 Å². The van der Waals surface area contributed by atoms with Gasteiger partial charge in [0, 0.05) is 0 Å². The summed E-state index contributed by atoms with van der Waals surface area (Å²) in [5.41, 5.74) is -3.48. The number of nitrogens with zero attached hydrogens (tertiary/aromatic N) is 3. The van der Waals surface area contributed by atoms with Crippen molar-refractivity contribution >= 4 is 52.7 Å². The van der Waals surface area contributed by atoms with Gasteiger partial charge in [0.25, 0.3) is 0 Å². The molecule has 246 valence electrons. The fourth-order valence-electron chi connectivity index (χ4n) is 3.22. The molecule has 0 aromatic heterocycles. The fourth-order valence-corrected chi connectivity index (χ4v) is 3.79. The zero-order chi connectivity index (χ0) is 34.4. The van der Waals surface area contributed by atoms with Gasteiger partial charge in [-0.25, -0.2) is 19.6 Å². The highest BCUT2D eigenvalue weighted by atomic mass is 35.5. The van der Waals surface area contributed by atoms with Crippen LogP contribution in [0.5, 0.6) is 0 Å². The van der Waals surface area contributed by atoms with E-state index >= 15 is 0 Å². The number of hydrogen-bond donors (Lipinski definition) is 2. The van der Waals surface area contributed by atoms with Crippen molar-refractivity contribution in [3.8, 4) is 0 Å². The number of halogens is 11. The van der Waals surface area contributed by atoms with Crippen LogP contribution in [0.1, 0.15) is 47.1 Å². The molecule has 44 heavy (non-hydrogen) atoms. The number of amides is 2. The Morgan fingerprint density at radius 3 is 1.61 bits per heavy atom. The zero-order valence-corrected chi connectivity index (χ0v) is 25.0. The van der Waals surface area contributed by atoms with Crippen molar-refractivity contribution in [3.63, 3.8) is 0 Å². The molecule has 3 N–H and O–H groups in total. The van der Waals surface area contributed by atoms with Gasteiger partial charge >= 0.3 is 30.7 Å². The van der Waals surface area contributed by atoms with Crippen LogP contribution in [0.15, 0.2) is 33.4 Å². The van der Waals surface area contributed by atoms with E-state index in [4.69, 9.17) is 38.4 Å². The third-order valence-electron chi connectivity index (χ3n) is 4.80. The molecule has 2 rings (SSSR count). The number of imide groups is 1. The Bertz CT molecular complexity index is 1360. The van der Waals surface area contributed by atoms with Crippen molar-refractivity contribution in [2.45, 2.75) is 77.4 Å². The first-order chi connectivity index (χ1) is 19.5. The molecule has 20 heteroatoms. The van der Waals surface area contributed by atoms with Crippen LogP contribution in [0.2, 0.25) is 10.0 Å². The SMILES string of the molecule is CC(C)(C)OC(=O)N(C(=O)OC(C)(C)C)C(=Nc1c(Cl)cc(C(F)(F)F)cc1Cl)C1=C(C(F)(F)F)NC(C(F)(F)F)=NC1N. The minimum atomic E-state index is -5.72. The van der Waals surface area contributed by atoms with Gasteiger partial charge in [0.2, 0.25) is 5.84 Å². The predicted octanol–water partition coefficient (Wildman–Crippen LogP) is 7.88. The first-order valence-corrected chi connectivity index (χ1v) is 12.7. The number of allylic oxidation sites excluding steroid dienone is 1. The summed E-state index contributed by atoms with van der Waals surface area (Å²) in [5.74, 6) is -3.73. The molecule has 9 nitrogen and oxygen atoms in total. The third kappa shape index (κ3) is 9.37. The smallest absolute Gasteiger partial charge is 0.443 e. The molecular weight excluding hydrogens is 664 g/mol. The molecule has 1 heterocycles. The molecule has 0 fully saturated rings. The molecule has 1 aromatic carbocycles. The maximum Gasteiger partial charge on any atom is 0.449 e. The molecule has 1 atom stereocenters. The summed E-state index contributed by atoms with van der Waals surface area (Å²) in [5, 5.41) is -0.873. The molecule has 1 aliphatic rings. The monoisotopic (exact) mass is 687 g/mol. The van der Waals surface area contributed by atoms with Gasteiger partial charge in [-0.15, -0.1) is 0 Å². The largest absolute Gasteiger partial charge is 0.449 e. The molecule has 0 radical (unpaired) electrons. The van der Waals surface area contributed by atoms with Crippen molar-refractivity contribution < 1.29 is 58.6 Å². The highest BCUT2D eigenvalue weighted by molar-refractivity contribution is 6.39. The Morgan fingerprint density at radius 1 is 0.841 bits per heavy atom. The summed E-state index contributed by atoms with van der Waals surface area (Å²) in [7, 11) is 0. The van der Waals surface area contributed by atoms with Crippen LogP contribution < -0.4 is 11.1 Å². The van der Waals surface area contributed by atoms with Gasteiger partial charge in [0.15, 0.2) is 5.84 Å². The summed E-state index contributed by atoms with van der Waals surface area (Å²) in [6, 6.07) is 0.542. The highest BCUT2D eigenvalue weighted by Gasteiger charge is 2.50. The maximum atomic E-state index is 14.3. The summed E-state index contributed by atoms with van der Waals surface area (Å²) in [4.78, 5) is 33.1. The van der Waals surface area contributed by atoms with E-state index in [1.807, 2.05) is 0 Å². The Hall–Kier alpha value is -3.25. The minimum absolute atomic E-state index is 0.252. The van der Waals surface area contributed by atoms with Gasteiger partial charge in [0.05, 0.1) is 21.2 Å². The van der Waals surface area contributed by atoms with Gasteiger partial charge < -0.3 is 20.5 Å². The molecule has 0 aliphatic carbocycles. The van der Waals surface area contributed by atoms with Crippen molar-refractivity contribution in [2.24, 2.45) is 15.7 Å². The summed E-state index contributed by atoms with van der Waals surface area (Å²) in [6.45, 7) is 7.71. The number of benzene rings is 1. The molecule has 1 aromatic rings. The van der Waals surface area contributed by atoms with E-state index in [-0.39, 0.29) is 17.0 Å². The van der Waals surface area contributed by atoms with Gasteiger partial charge in [-0.1, -0.05) is 23.2 Å². The van der Waals surface area contributed by atoms with E-state index in [0.29, 0.717) is 0 Å². The first-order valence-electron chi connectivity index (χ1n) is 11.9. The number of carbonyl (C=O) groups is 2. The number of hydrogen-bond acceptors (Lipinski definition) is 8. The highest BCUT2D eigenvalue weighted by Crippen LogP contribution is 2.42. The number of nitrogens with two attached hydrogens (primary N) is 1. The summed E-state index contributed by atoms with van der Waals surface area (Å²) >= 11 is 11.9. The van der Waals surface area contributed by atoms with E-state index in [0.717, 1.165) is 5.32 Å². The van der Waals surface area contributed by atoms with Crippen molar-refractivity contribution in [3.05, 3.63) is 39.0 Å². The average molecular weight is 688 g/mol. The summed E-state index contributed by atoms with van der Waals surface area (Å²) in [6.07, 6.45) is -22.4. The lowest BCUT2D eigenvalue weighted by Gasteiger charge is -2.33. The molecule has 0 bridgehead atoms. The maximum absolute atomic E-state index is 14.3. The third-order valence-corrected chi connectivity index (χ3v) is 5.37. The van der Waals surface area contributed by atoms with Crippen LogP contribution >= 0.6 is 23.2 Å². The number of alkyl halides is 9. The van der Waals surface area contributed by atoms with Crippen LogP contribution in [-0.4, -0.2) is 58.5 Å². The van der Waals surface area contributed by atoms with Gasteiger partial charge in [-0.05, 0) is 53.7 Å². The molecular formula is C24H24Cl2F9N5O4. The van der Waals surface area contributed by atoms with Gasteiger partial charge in [-0.2, -0.15) is 44.4 Å². The molecule has 0 saturated carbocycles. The van der Waals surface area contributed by atoms with Crippen molar-refractivity contribution in [1.29, 1.82) is 0 Å². The van der Waals surface area contributed by atoms with Crippen LogP contribution in [0.25, 0.3) is 0 Å². The van der Waals surface area contributed by atoms with Crippen LogP contribution in [0.4, 0.5) is 54.8 Å². The van der Waals surface area contributed by atoms with Crippen molar-refractivity contribution in [2.75, 3.05) is 0 Å². The Labute approximate surface area is 253 Å². The minimum Gasteiger partial charge on any atom is -0.443 e. The van der Waals surface area contributed by atoms with E-state index in [1.165, 1.54) is 41.5 Å². The molecule has 0 spiro atoms. The number of aliphatic imine (C=N–C) groups is 2. The quantitative estimate of drug-likeness (QED) is 0.186. The number of rotatable bonds is 2. The normalized spacial score (nSPS) is 17.2. The van der Waals surface area contributed by atoms with Crippen LogP contribution in [-0.2, 0) is 15.7 Å². The second-order valence-electron chi connectivity index (χ2n) is 10.8. The number of amidine groups is 2. The molecule has 1 unspecified atom stereocenters. The van der Waals surface area contributed by atoms with E-state index in [9.17, 15) is 49.1 Å². The zero-order valence-electron chi connectivity index (χ0n) is 23.4. The number of carbonyl (C=O) groups excluding carboxylic acids is 2. The lowest BCUT2D eigenvalue weighted by molar-refractivity contribution is -0.137. The lowest BCUT2D eigenvalue weighted by Crippen LogP contribution is -2.54. The molecule has 1 aliphatic heterocycles. The van der Waals surface area contributed by atoms with E-state index < -0.39 is 92.3 Å². The first kappa shape index (κ1) is 36.9. The Kier molecular flexibility index (Phi) is 10.3. The lowest BCUT2D eigenvalue weighted by atomic mass is 10.1. The average Bonchev–Trinajstić information content (AvgIpc) is 2.75. The second kappa shape index (κ2) is 12.3. The number of nitrogens with one attached hydrogen (secondary N) is 1. The standard InChI is InChI=1S/C24H24Cl2F9N5O4/c1-20(2,3)43-18(41)40(19(42)44-21(4,5)6)16(37-13-10(25)7-9(8-11(13)26)22(27,28)29)12-14(23(30,31)32)38-17(24(33,34)35)39-15(12)36/h7-8,15H,36H2,1-6H3,(H,38,39). The van der Waals surface area contributed by atoms with Crippen molar-refractivity contribution in [1.82, 2.24) is 10.2 Å². The van der Waals surface area contributed by atoms with Gasteiger partial charge in [-0.3, -0.25) is 0 Å². The van der Waals surface area contributed by atoms with E-state index in [1.54, 1.807) is 0 Å². The van der Waals surface area contributed by atoms with Crippen LogP contribution in [0, 0.1) is 0 Å². The van der Waals surface area contributed by atoms with Crippen LogP contribution in [0.3, 0.4) is 0 Å². The fraction of sp³-hybridized carbons (Fsp3) is 0.500.